The van der Waals surface area contributed by atoms with Gasteiger partial charge in [0.1, 0.15) is 5.82 Å². The lowest BCUT2D eigenvalue weighted by Crippen LogP contribution is -2.15. The first-order chi connectivity index (χ1) is 9.42. The Morgan fingerprint density at radius 3 is 2.60 bits per heavy atom. The first-order valence-electron chi connectivity index (χ1n) is 5.46. The second-order valence-corrected chi connectivity index (χ2v) is 6.44. The molecule has 106 valence electrons. The smallest absolute Gasteiger partial charge is 0.279 e. The number of aromatic nitrogens is 1. The Labute approximate surface area is 123 Å². The van der Waals surface area contributed by atoms with Gasteiger partial charge in [-0.3, -0.25) is 4.72 Å². The monoisotopic (exact) mass is 360 g/mol. The van der Waals surface area contributed by atoms with Crippen LogP contribution in [0, 0.1) is 5.82 Å². The van der Waals surface area contributed by atoms with Crippen LogP contribution in [0.15, 0.2) is 46.0 Å². The molecule has 2 N–H and O–H groups in total. The standard InChI is InChI=1S/C12H10BrFN2O3S/c13-9-2-3-11(10(14)5-9)16-20(18,19)12-4-1-8(7-17)6-15-12/h1-6,16-17H,7H2. The van der Waals surface area contributed by atoms with E-state index in [4.69, 9.17) is 5.11 Å². The molecule has 0 saturated carbocycles. The van der Waals surface area contributed by atoms with Crippen LogP contribution < -0.4 is 4.72 Å². The van der Waals surface area contributed by atoms with E-state index >= 15 is 0 Å². The van der Waals surface area contributed by atoms with Crippen molar-refractivity contribution >= 4 is 31.6 Å². The Balaban J connectivity index is 2.30. The summed E-state index contributed by atoms with van der Waals surface area (Å²) in [5, 5.41) is 8.62. The zero-order chi connectivity index (χ0) is 14.8. The fourth-order valence-electron chi connectivity index (χ4n) is 1.43. The maximum atomic E-state index is 13.6. The maximum Gasteiger partial charge on any atom is 0.279 e. The number of hydrogen-bond donors (Lipinski definition) is 2. The summed E-state index contributed by atoms with van der Waals surface area (Å²) >= 11 is 3.08. The van der Waals surface area contributed by atoms with E-state index in [0.29, 0.717) is 10.0 Å². The van der Waals surface area contributed by atoms with E-state index < -0.39 is 15.8 Å². The van der Waals surface area contributed by atoms with Gasteiger partial charge >= 0.3 is 0 Å². The van der Waals surface area contributed by atoms with Crippen LogP contribution in [0.3, 0.4) is 0 Å². The van der Waals surface area contributed by atoms with Gasteiger partial charge in [-0.25, -0.2) is 9.37 Å². The highest BCUT2D eigenvalue weighted by Crippen LogP contribution is 2.22. The lowest BCUT2D eigenvalue weighted by molar-refractivity contribution is 0.281. The normalized spacial score (nSPS) is 11.3. The molecular formula is C12H10BrFN2O3S. The zero-order valence-corrected chi connectivity index (χ0v) is 12.4. The fourth-order valence-corrected chi connectivity index (χ4v) is 2.76. The van der Waals surface area contributed by atoms with Gasteiger partial charge in [0.25, 0.3) is 10.0 Å². The molecule has 2 rings (SSSR count). The summed E-state index contributed by atoms with van der Waals surface area (Å²) in [6.45, 7) is -0.234. The summed E-state index contributed by atoms with van der Waals surface area (Å²) in [7, 11) is -3.97. The molecule has 8 heteroatoms. The van der Waals surface area contributed by atoms with E-state index in [2.05, 4.69) is 25.6 Å². The zero-order valence-electron chi connectivity index (χ0n) is 10.0. The third kappa shape index (κ3) is 3.33. The largest absolute Gasteiger partial charge is 0.392 e. The molecule has 0 aliphatic carbocycles. The van der Waals surface area contributed by atoms with E-state index in [1.54, 1.807) is 0 Å². The van der Waals surface area contributed by atoms with Crippen LogP contribution in [-0.2, 0) is 16.6 Å². The van der Waals surface area contributed by atoms with E-state index in [1.165, 1.54) is 30.5 Å². The molecule has 0 spiro atoms. The summed E-state index contributed by atoms with van der Waals surface area (Å²) in [5.41, 5.74) is 0.319. The van der Waals surface area contributed by atoms with E-state index in [0.717, 1.165) is 6.07 Å². The van der Waals surface area contributed by atoms with Crippen LogP contribution in [0.1, 0.15) is 5.56 Å². The number of halogens is 2. The molecule has 0 saturated heterocycles. The van der Waals surface area contributed by atoms with E-state index in [9.17, 15) is 12.8 Å². The van der Waals surface area contributed by atoms with Gasteiger partial charge in [0.2, 0.25) is 0 Å². The number of anilines is 1. The average Bonchev–Trinajstić information content (AvgIpc) is 2.42. The van der Waals surface area contributed by atoms with Gasteiger partial charge in [-0.05, 0) is 29.8 Å². The highest BCUT2D eigenvalue weighted by Gasteiger charge is 2.17. The molecule has 0 atom stereocenters. The minimum absolute atomic E-state index is 0.166. The van der Waals surface area contributed by atoms with Gasteiger partial charge in [-0.15, -0.1) is 0 Å². The molecule has 0 fully saturated rings. The molecule has 20 heavy (non-hydrogen) atoms. The number of pyridine rings is 1. The van der Waals surface area contributed by atoms with Crippen molar-refractivity contribution in [3.8, 4) is 0 Å². The molecule has 1 aromatic carbocycles. The van der Waals surface area contributed by atoms with Crippen molar-refractivity contribution in [2.45, 2.75) is 11.6 Å². The average molecular weight is 361 g/mol. The predicted molar refractivity (Wildman–Crippen MR) is 75.1 cm³/mol. The highest BCUT2D eigenvalue weighted by atomic mass is 79.9. The Bertz CT molecular complexity index is 720. The van der Waals surface area contributed by atoms with Crippen molar-refractivity contribution in [1.29, 1.82) is 0 Å². The number of rotatable bonds is 4. The lowest BCUT2D eigenvalue weighted by atomic mass is 10.3. The molecule has 0 radical (unpaired) electrons. The highest BCUT2D eigenvalue weighted by molar-refractivity contribution is 9.10. The van der Waals surface area contributed by atoms with Crippen LogP contribution in [0.2, 0.25) is 0 Å². The molecular weight excluding hydrogens is 351 g/mol. The van der Waals surface area contributed by atoms with Gasteiger partial charge in [0.15, 0.2) is 5.03 Å². The van der Waals surface area contributed by atoms with Gasteiger partial charge in [0.05, 0.1) is 12.3 Å². The topological polar surface area (TPSA) is 79.3 Å². The Morgan fingerprint density at radius 2 is 2.05 bits per heavy atom. The number of aliphatic hydroxyl groups excluding tert-OH is 1. The first kappa shape index (κ1) is 14.9. The quantitative estimate of drug-likeness (QED) is 0.876. The fraction of sp³-hybridized carbons (Fsp3) is 0.0833. The summed E-state index contributed by atoms with van der Waals surface area (Å²) < 4.78 is 40.3. The lowest BCUT2D eigenvalue weighted by Gasteiger charge is -2.08. The molecule has 1 heterocycles. The molecule has 0 aliphatic heterocycles. The van der Waals surface area contributed by atoms with E-state index in [-0.39, 0.29) is 17.3 Å². The van der Waals surface area contributed by atoms with Crippen molar-refractivity contribution in [2.75, 3.05) is 4.72 Å². The van der Waals surface area contributed by atoms with Crippen molar-refractivity contribution in [3.05, 3.63) is 52.4 Å². The third-order valence-corrected chi connectivity index (χ3v) is 4.21. The molecule has 0 bridgehead atoms. The predicted octanol–water partition coefficient (Wildman–Crippen LogP) is 2.28. The van der Waals surface area contributed by atoms with Crippen LogP contribution >= 0.6 is 15.9 Å². The Hall–Kier alpha value is -1.51. The minimum Gasteiger partial charge on any atom is -0.392 e. The van der Waals surface area contributed by atoms with Gasteiger partial charge in [0, 0.05) is 10.7 Å². The SMILES string of the molecule is O=S(=O)(Nc1ccc(Br)cc1F)c1ccc(CO)cn1. The van der Waals surface area contributed by atoms with Crippen LogP contribution in [0.25, 0.3) is 0 Å². The second-order valence-electron chi connectivity index (χ2n) is 3.89. The summed E-state index contributed by atoms with van der Waals surface area (Å²) in [5.74, 6) is -0.699. The Morgan fingerprint density at radius 1 is 1.30 bits per heavy atom. The number of nitrogens with zero attached hydrogens (tertiary/aromatic N) is 1. The number of nitrogens with one attached hydrogen (secondary N) is 1. The number of aliphatic hydroxyl groups is 1. The van der Waals surface area contributed by atoms with Crippen LogP contribution in [-0.4, -0.2) is 18.5 Å². The molecule has 2 aromatic rings. The third-order valence-electron chi connectivity index (χ3n) is 2.43. The van der Waals surface area contributed by atoms with Gasteiger partial charge < -0.3 is 5.11 Å². The van der Waals surface area contributed by atoms with Gasteiger partial charge in [-0.2, -0.15) is 8.42 Å². The van der Waals surface area contributed by atoms with Crippen molar-refractivity contribution < 1.29 is 17.9 Å². The number of hydrogen-bond acceptors (Lipinski definition) is 4. The van der Waals surface area contributed by atoms with Crippen LogP contribution in [0.4, 0.5) is 10.1 Å². The molecule has 1 aromatic heterocycles. The van der Waals surface area contributed by atoms with Crippen molar-refractivity contribution in [1.82, 2.24) is 4.98 Å². The second kappa shape index (κ2) is 5.86. The van der Waals surface area contributed by atoms with Crippen molar-refractivity contribution in [3.63, 3.8) is 0 Å². The molecule has 0 amide bonds. The maximum absolute atomic E-state index is 13.6. The summed E-state index contributed by atoms with van der Waals surface area (Å²) in [6.07, 6.45) is 1.24. The van der Waals surface area contributed by atoms with Gasteiger partial charge in [-0.1, -0.05) is 22.0 Å². The molecule has 0 unspecified atom stereocenters. The molecule has 0 aliphatic rings. The van der Waals surface area contributed by atoms with Crippen LogP contribution in [0.5, 0.6) is 0 Å². The van der Waals surface area contributed by atoms with E-state index in [1.807, 2.05) is 0 Å². The summed E-state index contributed by atoms with van der Waals surface area (Å²) in [4.78, 5) is 3.72. The minimum atomic E-state index is -3.97. The summed E-state index contributed by atoms with van der Waals surface area (Å²) in [6, 6.07) is 6.65. The van der Waals surface area contributed by atoms with Crippen molar-refractivity contribution in [2.24, 2.45) is 0 Å². The molecule has 5 nitrogen and oxygen atoms in total. The first-order valence-corrected chi connectivity index (χ1v) is 7.73. The number of sulfonamides is 1. The number of benzene rings is 1. The Kier molecular flexibility index (Phi) is 4.36.